The number of rotatable bonds is 1. The molecule has 3 rings (SSSR count). The largest absolute Gasteiger partial charge is 0.399 e. The third-order valence-electron chi connectivity index (χ3n) is 2.92. The first-order valence-corrected chi connectivity index (χ1v) is 4.95. The van der Waals surface area contributed by atoms with Crippen molar-refractivity contribution in [3.8, 4) is 0 Å². The van der Waals surface area contributed by atoms with Gasteiger partial charge in [0.25, 0.3) is 0 Å². The van der Waals surface area contributed by atoms with E-state index in [9.17, 15) is 0 Å². The van der Waals surface area contributed by atoms with Gasteiger partial charge >= 0.3 is 0 Å². The summed E-state index contributed by atoms with van der Waals surface area (Å²) in [6.07, 6.45) is 3.76. The van der Waals surface area contributed by atoms with Crippen LogP contribution in [-0.4, -0.2) is 15.0 Å². The summed E-state index contributed by atoms with van der Waals surface area (Å²) in [4.78, 5) is 0. The zero-order valence-corrected chi connectivity index (χ0v) is 7.85. The molecule has 2 aromatic rings. The molecule has 1 fully saturated rings. The standard InChI is InChI=1S/C10H12N4/c11-7-4-5-10-9(6-7)12-13-14(10)8-2-1-3-8/h4-6,8H,1-3,11H2. The van der Waals surface area contributed by atoms with Crippen LogP contribution in [-0.2, 0) is 0 Å². The summed E-state index contributed by atoms with van der Waals surface area (Å²) < 4.78 is 2.03. The zero-order valence-electron chi connectivity index (χ0n) is 7.85. The predicted octanol–water partition coefficient (Wildman–Crippen LogP) is 1.74. The average Bonchev–Trinajstić information content (AvgIpc) is 2.45. The van der Waals surface area contributed by atoms with Gasteiger partial charge in [-0.25, -0.2) is 4.68 Å². The van der Waals surface area contributed by atoms with E-state index in [0.717, 1.165) is 16.7 Å². The van der Waals surface area contributed by atoms with Crippen molar-refractivity contribution in [2.75, 3.05) is 5.73 Å². The highest BCUT2D eigenvalue weighted by atomic mass is 15.4. The third-order valence-corrected chi connectivity index (χ3v) is 2.92. The van der Waals surface area contributed by atoms with E-state index in [1.807, 2.05) is 22.9 Å². The SMILES string of the molecule is Nc1ccc2c(c1)nnn2C1CCC1. The van der Waals surface area contributed by atoms with Gasteiger partial charge in [0.05, 0.1) is 11.6 Å². The first-order valence-electron chi connectivity index (χ1n) is 4.95. The van der Waals surface area contributed by atoms with Gasteiger partial charge in [0.2, 0.25) is 0 Å². The van der Waals surface area contributed by atoms with Crippen molar-refractivity contribution < 1.29 is 0 Å². The number of nitrogens with zero attached hydrogens (tertiary/aromatic N) is 3. The van der Waals surface area contributed by atoms with Crippen molar-refractivity contribution in [1.82, 2.24) is 15.0 Å². The molecule has 72 valence electrons. The second-order valence-electron chi connectivity index (χ2n) is 3.87. The van der Waals surface area contributed by atoms with E-state index >= 15 is 0 Å². The maximum Gasteiger partial charge on any atom is 0.115 e. The Bertz CT molecular complexity index is 470. The highest BCUT2D eigenvalue weighted by Gasteiger charge is 2.22. The summed E-state index contributed by atoms with van der Waals surface area (Å²) >= 11 is 0. The van der Waals surface area contributed by atoms with Crippen LogP contribution in [0.5, 0.6) is 0 Å². The van der Waals surface area contributed by atoms with Crippen LogP contribution in [0, 0.1) is 0 Å². The molecule has 0 saturated heterocycles. The Kier molecular flexibility index (Phi) is 1.50. The molecule has 1 aromatic heterocycles. The summed E-state index contributed by atoms with van der Waals surface area (Å²) in [5.41, 5.74) is 8.43. The number of anilines is 1. The van der Waals surface area contributed by atoms with Crippen LogP contribution in [0.2, 0.25) is 0 Å². The van der Waals surface area contributed by atoms with Crippen molar-refractivity contribution in [1.29, 1.82) is 0 Å². The Morgan fingerprint density at radius 1 is 1.36 bits per heavy atom. The second-order valence-corrected chi connectivity index (χ2v) is 3.87. The van der Waals surface area contributed by atoms with E-state index in [4.69, 9.17) is 5.73 Å². The quantitative estimate of drug-likeness (QED) is 0.693. The fraction of sp³-hybridized carbons (Fsp3) is 0.400. The fourth-order valence-corrected chi connectivity index (χ4v) is 1.86. The molecule has 14 heavy (non-hydrogen) atoms. The Morgan fingerprint density at radius 3 is 2.93 bits per heavy atom. The lowest BCUT2D eigenvalue weighted by Crippen LogP contribution is -2.18. The maximum absolute atomic E-state index is 5.68. The number of hydrogen-bond acceptors (Lipinski definition) is 3. The molecule has 1 aliphatic carbocycles. The lowest BCUT2D eigenvalue weighted by molar-refractivity contribution is 0.292. The molecule has 0 atom stereocenters. The summed E-state index contributed by atoms with van der Waals surface area (Å²) in [7, 11) is 0. The highest BCUT2D eigenvalue weighted by molar-refractivity contribution is 5.78. The fourth-order valence-electron chi connectivity index (χ4n) is 1.86. The molecule has 0 bridgehead atoms. The van der Waals surface area contributed by atoms with Crippen LogP contribution >= 0.6 is 0 Å². The van der Waals surface area contributed by atoms with E-state index in [1.165, 1.54) is 19.3 Å². The van der Waals surface area contributed by atoms with Crippen LogP contribution in [0.15, 0.2) is 18.2 Å². The molecule has 0 radical (unpaired) electrons. The van der Waals surface area contributed by atoms with Gasteiger partial charge in [-0.2, -0.15) is 0 Å². The van der Waals surface area contributed by atoms with Crippen molar-refractivity contribution >= 4 is 16.7 Å². The minimum Gasteiger partial charge on any atom is -0.399 e. The first kappa shape index (κ1) is 7.79. The number of hydrogen-bond donors (Lipinski definition) is 1. The van der Waals surface area contributed by atoms with Crippen LogP contribution < -0.4 is 5.73 Å². The van der Waals surface area contributed by atoms with Gasteiger partial charge in [0.15, 0.2) is 0 Å². The van der Waals surface area contributed by atoms with Crippen LogP contribution in [0.1, 0.15) is 25.3 Å². The minimum absolute atomic E-state index is 0.559. The molecular weight excluding hydrogens is 176 g/mol. The van der Waals surface area contributed by atoms with Gasteiger partial charge in [0.1, 0.15) is 5.52 Å². The number of fused-ring (bicyclic) bond motifs is 1. The lowest BCUT2D eigenvalue weighted by atomic mass is 9.93. The molecule has 0 unspecified atom stereocenters. The summed E-state index contributed by atoms with van der Waals surface area (Å²) in [6.45, 7) is 0. The van der Waals surface area contributed by atoms with Gasteiger partial charge in [0, 0.05) is 5.69 Å². The van der Waals surface area contributed by atoms with E-state index in [-0.39, 0.29) is 0 Å². The van der Waals surface area contributed by atoms with Crippen molar-refractivity contribution in [3.05, 3.63) is 18.2 Å². The number of nitrogens with two attached hydrogens (primary N) is 1. The third kappa shape index (κ3) is 0.999. The summed E-state index contributed by atoms with van der Waals surface area (Å²) in [5.74, 6) is 0. The molecular formula is C10H12N4. The zero-order chi connectivity index (χ0) is 9.54. The molecule has 1 aromatic carbocycles. The average molecular weight is 188 g/mol. The summed E-state index contributed by atoms with van der Waals surface area (Å²) in [5, 5.41) is 8.28. The van der Waals surface area contributed by atoms with Gasteiger partial charge in [-0.3, -0.25) is 0 Å². The Labute approximate surface area is 81.7 Å². The Morgan fingerprint density at radius 2 is 2.21 bits per heavy atom. The van der Waals surface area contributed by atoms with Crippen LogP contribution in [0.3, 0.4) is 0 Å². The van der Waals surface area contributed by atoms with Gasteiger partial charge in [-0.1, -0.05) is 5.21 Å². The van der Waals surface area contributed by atoms with Crippen molar-refractivity contribution in [2.45, 2.75) is 25.3 Å². The predicted molar refractivity (Wildman–Crippen MR) is 54.8 cm³/mol. The van der Waals surface area contributed by atoms with E-state index < -0.39 is 0 Å². The maximum atomic E-state index is 5.68. The van der Waals surface area contributed by atoms with Gasteiger partial charge in [-0.05, 0) is 37.5 Å². The smallest absolute Gasteiger partial charge is 0.115 e. The molecule has 1 heterocycles. The van der Waals surface area contributed by atoms with Crippen LogP contribution in [0.4, 0.5) is 5.69 Å². The monoisotopic (exact) mass is 188 g/mol. The van der Waals surface area contributed by atoms with Gasteiger partial charge < -0.3 is 5.73 Å². The molecule has 1 aliphatic rings. The number of nitrogen functional groups attached to an aromatic ring is 1. The van der Waals surface area contributed by atoms with Crippen molar-refractivity contribution in [3.63, 3.8) is 0 Å². The molecule has 0 aliphatic heterocycles. The normalized spacial score (nSPS) is 17.1. The van der Waals surface area contributed by atoms with E-state index in [2.05, 4.69) is 10.3 Å². The topological polar surface area (TPSA) is 56.7 Å². The molecule has 1 saturated carbocycles. The van der Waals surface area contributed by atoms with Crippen molar-refractivity contribution in [2.24, 2.45) is 0 Å². The molecule has 0 spiro atoms. The Hall–Kier alpha value is -1.58. The Balaban J connectivity index is 2.16. The molecule has 4 nitrogen and oxygen atoms in total. The van der Waals surface area contributed by atoms with Crippen LogP contribution in [0.25, 0.3) is 11.0 Å². The molecule has 0 amide bonds. The minimum atomic E-state index is 0.559. The van der Waals surface area contributed by atoms with E-state index in [1.54, 1.807) is 0 Å². The number of aromatic nitrogens is 3. The second kappa shape index (κ2) is 2.70. The highest BCUT2D eigenvalue weighted by Crippen LogP contribution is 2.32. The molecule has 4 heteroatoms. The summed E-state index contributed by atoms with van der Waals surface area (Å²) in [6, 6.07) is 6.34. The van der Waals surface area contributed by atoms with Gasteiger partial charge in [-0.15, -0.1) is 5.10 Å². The lowest BCUT2D eigenvalue weighted by Gasteiger charge is -2.25. The number of benzene rings is 1. The first-order chi connectivity index (χ1) is 6.84. The molecule has 2 N–H and O–H groups in total. The van der Waals surface area contributed by atoms with E-state index in [0.29, 0.717) is 6.04 Å².